The number of carbonyl (C=O) groups excluding carboxylic acids is 1. The summed E-state index contributed by atoms with van der Waals surface area (Å²) < 4.78 is 21.9. The molecule has 4 rings (SSSR count). The molecule has 33 heavy (non-hydrogen) atoms. The summed E-state index contributed by atoms with van der Waals surface area (Å²) in [4.78, 5) is 13.3. The van der Waals surface area contributed by atoms with Gasteiger partial charge in [-0.25, -0.2) is 5.01 Å². The Balaban J connectivity index is 1.60. The lowest BCUT2D eigenvalue weighted by molar-refractivity contribution is -0.135. The van der Waals surface area contributed by atoms with Gasteiger partial charge in [-0.15, -0.1) is 0 Å². The first-order valence-electron chi connectivity index (χ1n) is 10.6. The summed E-state index contributed by atoms with van der Waals surface area (Å²) in [5.74, 6) is 1.84. The van der Waals surface area contributed by atoms with E-state index in [1.54, 1.807) is 39.5 Å². The van der Waals surface area contributed by atoms with Gasteiger partial charge in [-0.3, -0.25) is 4.79 Å². The third kappa shape index (κ3) is 4.77. The Morgan fingerprint density at radius 1 is 0.879 bits per heavy atom. The van der Waals surface area contributed by atoms with E-state index in [-0.39, 0.29) is 18.6 Å². The van der Waals surface area contributed by atoms with Crippen molar-refractivity contribution in [3.05, 3.63) is 83.9 Å². The maximum Gasteiger partial charge on any atom is 0.281 e. The van der Waals surface area contributed by atoms with Crippen molar-refractivity contribution in [2.24, 2.45) is 5.10 Å². The molecular formula is C26H26N2O5. The van der Waals surface area contributed by atoms with Crippen LogP contribution in [0.25, 0.3) is 0 Å². The van der Waals surface area contributed by atoms with Crippen molar-refractivity contribution in [2.45, 2.75) is 12.5 Å². The first kappa shape index (κ1) is 22.2. The van der Waals surface area contributed by atoms with Crippen LogP contribution in [-0.2, 0) is 4.79 Å². The molecule has 0 aliphatic carbocycles. The van der Waals surface area contributed by atoms with E-state index in [0.29, 0.717) is 23.7 Å². The molecule has 1 amide bonds. The molecule has 170 valence electrons. The predicted octanol–water partition coefficient (Wildman–Crippen LogP) is 4.47. The zero-order valence-electron chi connectivity index (χ0n) is 18.9. The number of hydrogen-bond donors (Lipinski definition) is 0. The van der Waals surface area contributed by atoms with Gasteiger partial charge >= 0.3 is 0 Å². The second kappa shape index (κ2) is 10.1. The van der Waals surface area contributed by atoms with E-state index < -0.39 is 0 Å². The lowest BCUT2D eigenvalue weighted by atomic mass is 9.98. The fourth-order valence-corrected chi connectivity index (χ4v) is 3.79. The van der Waals surface area contributed by atoms with Crippen LogP contribution in [0.5, 0.6) is 23.0 Å². The number of methoxy groups -OCH3 is 3. The van der Waals surface area contributed by atoms with Gasteiger partial charge in [0.05, 0.1) is 33.1 Å². The van der Waals surface area contributed by atoms with Crippen molar-refractivity contribution in [3.63, 3.8) is 0 Å². The van der Waals surface area contributed by atoms with Crippen LogP contribution in [0.2, 0.25) is 0 Å². The Hall–Kier alpha value is -4.00. The summed E-state index contributed by atoms with van der Waals surface area (Å²) in [6.45, 7) is -0.213. The third-order valence-corrected chi connectivity index (χ3v) is 5.50. The summed E-state index contributed by atoms with van der Waals surface area (Å²) >= 11 is 0. The highest BCUT2D eigenvalue weighted by molar-refractivity contribution is 6.03. The van der Waals surface area contributed by atoms with Gasteiger partial charge in [0.25, 0.3) is 5.91 Å². The maximum absolute atomic E-state index is 13.3. The smallest absolute Gasteiger partial charge is 0.281 e. The molecule has 0 aromatic heterocycles. The molecule has 1 aliphatic heterocycles. The van der Waals surface area contributed by atoms with Crippen LogP contribution in [0.3, 0.4) is 0 Å². The van der Waals surface area contributed by atoms with Crippen molar-refractivity contribution in [2.75, 3.05) is 27.9 Å². The molecule has 3 aromatic carbocycles. The number of para-hydroxylation sites is 1. The molecule has 0 saturated heterocycles. The van der Waals surface area contributed by atoms with Crippen LogP contribution in [0.15, 0.2) is 77.9 Å². The minimum Gasteiger partial charge on any atom is -0.497 e. The number of nitrogens with zero attached hydrogens (tertiary/aromatic N) is 2. The fourth-order valence-electron chi connectivity index (χ4n) is 3.79. The number of rotatable bonds is 8. The number of hydrogen-bond acceptors (Lipinski definition) is 6. The lowest BCUT2D eigenvalue weighted by Gasteiger charge is -2.23. The average Bonchev–Trinajstić information content (AvgIpc) is 3.33. The van der Waals surface area contributed by atoms with Gasteiger partial charge in [0.1, 0.15) is 5.75 Å². The Morgan fingerprint density at radius 3 is 2.15 bits per heavy atom. The lowest BCUT2D eigenvalue weighted by Crippen LogP contribution is -2.31. The minimum atomic E-state index is -0.269. The van der Waals surface area contributed by atoms with Crippen LogP contribution in [0.1, 0.15) is 23.6 Å². The molecule has 0 N–H and O–H groups in total. The van der Waals surface area contributed by atoms with Crippen molar-refractivity contribution in [3.8, 4) is 23.0 Å². The second-order valence-corrected chi connectivity index (χ2v) is 7.42. The van der Waals surface area contributed by atoms with Crippen LogP contribution in [0, 0.1) is 0 Å². The normalized spacial score (nSPS) is 15.1. The van der Waals surface area contributed by atoms with Crippen molar-refractivity contribution >= 4 is 11.6 Å². The van der Waals surface area contributed by atoms with Gasteiger partial charge in [-0.1, -0.05) is 48.5 Å². The Bertz CT molecular complexity index is 1110. The Morgan fingerprint density at radius 2 is 1.55 bits per heavy atom. The molecule has 0 saturated carbocycles. The molecule has 3 aromatic rings. The molecule has 1 heterocycles. The van der Waals surface area contributed by atoms with E-state index >= 15 is 0 Å². The summed E-state index contributed by atoms with van der Waals surface area (Å²) in [7, 11) is 4.71. The van der Waals surface area contributed by atoms with Gasteiger partial charge in [0.2, 0.25) is 5.75 Å². The van der Waals surface area contributed by atoms with E-state index in [2.05, 4.69) is 5.10 Å². The van der Waals surface area contributed by atoms with Crippen molar-refractivity contribution < 1.29 is 23.7 Å². The molecule has 0 radical (unpaired) electrons. The molecule has 7 heteroatoms. The van der Waals surface area contributed by atoms with Gasteiger partial charge in [-0.2, -0.15) is 5.10 Å². The van der Waals surface area contributed by atoms with Crippen molar-refractivity contribution in [1.29, 1.82) is 0 Å². The number of ether oxygens (including phenoxy) is 4. The van der Waals surface area contributed by atoms with Gasteiger partial charge in [0.15, 0.2) is 18.1 Å². The summed E-state index contributed by atoms with van der Waals surface area (Å²) in [5.41, 5.74) is 2.80. The number of hydrazone groups is 1. The van der Waals surface area contributed by atoms with E-state index in [1.165, 1.54) is 5.01 Å². The summed E-state index contributed by atoms with van der Waals surface area (Å²) in [6, 6.07) is 22.6. The predicted molar refractivity (Wildman–Crippen MR) is 125 cm³/mol. The number of carbonyl (C=O) groups is 1. The topological polar surface area (TPSA) is 69.6 Å². The van der Waals surface area contributed by atoms with Crippen LogP contribution >= 0.6 is 0 Å². The SMILES string of the molecule is COc1ccc(C2CC(c3ccccc3)=NN2C(=O)COc2c(OC)cccc2OC)cc1. The molecule has 0 fully saturated rings. The Kier molecular flexibility index (Phi) is 6.78. The second-order valence-electron chi connectivity index (χ2n) is 7.42. The highest BCUT2D eigenvalue weighted by atomic mass is 16.5. The van der Waals surface area contributed by atoms with Gasteiger partial charge < -0.3 is 18.9 Å². The summed E-state index contributed by atoms with van der Waals surface area (Å²) in [5, 5.41) is 6.19. The van der Waals surface area contributed by atoms with Gasteiger partial charge in [-0.05, 0) is 35.4 Å². The van der Waals surface area contributed by atoms with E-state index in [9.17, 15) is 4.79 Å². The molecular weight excluding hydrogens is 420 g/mol. The van der Waals surface area contributed by atoms with Crippen LogP contribution in [-0.4, -0.2) is 44.6 Å². The Labute approximate surface area is 193 Å². The standard InChI is InChI=1S/C26H26N2O5/c1-30-20-14-12-19(13-15-20)22-16-21(18-8-5-4-6-9-18)27-28(22)25(29)17-33-26-23(31-2)10-7-11-24(26)32-3/h4-15,22H,16-17H2,1-3H3. The minimum absolute atomic E-state index is 0.213. The molecule has 1 atom stereocenters. The zero-order valence-corrected chi connectivity index (χ0v) is 18.9. The van der Waals surface area contributed by atoms with E-state index in [1.807, 2.05) is 54.6 Å². The molecule has 7 nitrogen and oxygen atoms in total. The molecule has 1 aliphatic rings. The summed E-state index contributed by atoms with van der Waals surface area (Å²) in [6.07, 6.45) is 0.597. The average molecular weight is 447 g/mol. The monoisotopic (exact) mass is 446 g/mol. The first-order valence-corrected chi connectivity index (χ1v) is 10.6. The van der Waals surface area contributed by atoms with Crippen LogP contribution < -0.4 is 18.9 Å². The first-order chi connectivity index (χ1) is 16.1. The molecule has 0 bridgehead atoms. The quantitative estimate of drug-likeness (QED) is 0.511. The van der Waals surface area contributed by atoms with E-state index in [0.717, 1.165) is 22.6 Å². The fraction of sp³-hybridized carbons (Fsp3) is 0.231. The number of amides is 1. The molecule has 1 unspecified atom stereocenters. The largest absolute Gasteiger partial charge is 0.497 e. The van der Waals surface area contributed by atoms with Gasteiger partial charge in [0, 0.05) is 6.42 Å². The highest BCUT2D eigenvalue weighted by Crippen LogP contribution is 2.38. The maximum atomic E-state index is 13.3. The third-order valence-electron chi connectivity index (χ3n) is 5.50. The van der Waals surface area contributed by atoms with E-state index in [4.69, 9.17) is 18.9 Å². The number of benzene rings is 3. The van der Waals surface area contributed by atoms with Crippen LogP contribution in [0.4, 0.5) is 0 Å². The molecule has 0 spiro atoms. The van der Waals surface area contributed by atoms with Crippen molar-refractivity contribution in [1.82, 2.24) is 5.01 Å². The highest BCUT2D eigenvalue weighted by Gasteiger charge is 2.33. The zero-order chi connectivity index (χ0) is 23.2.